The first-order chi connectivity index (χ1) is 14.7. The van der Waals surface area contributed by atoms with E-state index in [1.807, 2.05) is 39.0 Å². The molecule has 0 aromatic carbocycles. The molecular formula is C25H50N2O3SSi2. The van der Waals surface area contributed by atoms with Gasteiger partial charge in [0.15, 0.2) is 16.6 Å². The number of nitrogens with one attached hydrogen (secondary N) is 1. The Balaban J connectivity index is 3.33. The molecule has 0 aliphatic rings. The van der Waals surface area contributed by atoms with Crippen LogP contribution in [0.3, 0.4) is 0 Å². The zero-order valence-corrected chi connectivity index (χ0v) is 26.3. The van der Waals surface area contributed by atoms with Crippen LogP contribution < -0.4 is 4.72 Å². The molecule has 33 heavy (non-hydrogen) atoms. The molecule has 1 aromatic heterocycles. The van der Waals surface area contributed by atoms with Crippen molar-refractivity contribution in [3.8, 4) is 0 Å². The summed E-state index contributed by atoms with van der Waals surface area (Å²) in [7, 11) is -5.26. The topological polar surface area (TPSA) is 60.5 Å². The van der Waals surface area contributed by atoms with Crippen LogP contribution in [0, 0.1) is 0 Å². The number of rotatable bonds is 10. The van der Waals surface area contributed by atoms with Crippen molar-refractivity contribution in [3.05, 3.63) is 30.1 Å². The second-order valence-electron chi connectivity index (χ2n) is 13.1. The van der Waals surface area contributed by atoms with E-state index < -0.39 is 27.6 Å². The third kappa shape index (κ3) is 8.96. The summed E-state index contributed by atoms with van der Waals surface area (Å²) in [5.41, 5.74) is 0.873. The summed E-state index contributed by atoms with van der Waals surface area (Å²) in [4.78, 5) is 4.66. The molecule has 0 amide bonds. The van der Waals surface area contributed by atoms with E-state index in [9.17, 15) is 4.21 Å². The lowest BCUT2D eigenvalue weighted by Gasteiger charge is -2.42. The van der Waals surface area contributed by atoms with E-state index in [2.05, 4.69) is 77.4 Å². The second-order valence-corrected chi connectivity index (χ2v) is 24.6. The van der Waals surface area contributed by atoms with Gasteiger partial charge in [0.1, 0.15) is 6.10 Å². The van der Waals surface area contributed by atoms with Crippen molar-refractivity contribution in [1.29, 1.82) is 0 Å². The molecule has 3 atom stereocenters. The summed E-state index contributed by atoms with van der Waals surface area (Å²) < 4.78 is 29.7. The predicted molar refractivity (Wildman–Crippen MR) is 148 cm³/mol. The van der Waals surface area contributed by atoms with Crippen molar-refractivity contribution in [1.82, 2.24) is 9.71 Å². The Morgan fingerprint density at radius 2 is 1.48 bits per heavy atom. The van der Waals surface area contributed by atoms with Crippen molar-refractivity contribution in [3.63, 3.8) is 0 Å². The lowest BCUT2D eigenvalue weighted by Crippen LogP contribution is -2.50. The van der Waals surface area contributed by atoms with Crippen molar-refractivity contribution >= 4 is 27.6 Å². The van der Waals surface area contributed by atoms with Gasteiger partial charge in [-0.15, -0.1) is 0 Å². The second kappa shape index (κ2) is 11.1. The van der Waals surface area contributed by atoms with E-state index in [1.54, 1.807) is 6.20 Å². The summed E-state index contributed by atoms with van der Waals surface area (Å²) in [5.74, 6) is 0. The maximum Gasteiger partial charge on any atom is 0.193 e. The van der Waals surface area contributed by atoms with E-state index in [4.69, 9.17) is 8.85 Å². The highest BCUT2D eigenvalue weighted by atomic mass is 32.2. The molecular weight excluding hydrogens is 465 g/mol. The van der Waals surface area contributed by atoms with Crippen LogP contribution in [-0.2, 0) is 19.8 Å². The monoisotopic (exact) mass is 514 g/mol. The van der Waals surface area contributed by atoms with Crippen molar-refractivity contribution in [2.75, 3.05) is 6.61 Å². The molecule has 0 bridgehead atoms. The van der Waals surface area contributed by atoms with E-state index in [0.717, 1.165) is 5.69 Å². The molecule has 1 rings (SSSR count). The maximum absolute atomic E-state index is 13.2. The Labute approximate surface area is 208 Å². The maximum atomic E-state index is 13.2. The number of hydrogen-bond acceptors (Lipinski definition) is 4. The Hall–Kier alpha value is -0.386. The molecule has 0 aliphatic carbocycles. The van der Waals surface area contributed by atoms with Gasteiger partial charge in [-0.05, 0) is 75.6 Å². The van der Waals surface area contributed by atoms with Crippen molar-refractivity contribution in [2.24, 2.45) is 0 Å². The molecule has 1 heterocycles. The van der Waals surface area contributed by atoms with Gasteiger partial charge >= 0.3 is 0 Å². The van der Waals surface area contributed by atoms with Crippen LogP contribution in [0.1, 0.15) is 80.5 Å². The van der Waals surface area contributed by atoms with Gasteiger partial charge in [-0.25, -0.2) is 8.93 Å². The van der Waals surface area contributed by atoms with Crippen LogP contribution in [0.5, 0.6) is 0 Å². The molecule has 192 valence electrons. The molecule has 0 saturated carbocycles. The molecule has 5 nitrogen and oxygen atoms in total. The zero-order chi connectivity index (χ0) is 25.9. The molecule has 0 spiro atoms. The lowest BCUT2D eigenvalue weighted by atomic mass is 10.1. The highest BCUT2D eigenvalue weighted by Gasteiger charge is 2.43. The SMILES string of the molecule is CC(C)(C)[S@@](=O)N[C@@H](CCO[Si](C)(C)C(C)(C)C)C(O[Si](C)(C)C(C)(C)C)c1ccccn1. The van der Waals surface area contributed by atoms with Crippen molar-refractivity contribution < 1.29 is 13.1 Å². The van der Waals surface area contributed by atoms with Gasteiger partial charge in [-0.2, -0.15) is 0 Å². The van der Waals surface area contributed by atoms with E-state index in [1.165, 1.54) is 0 Å². The van der Waals surface area contributed by atoms with Gasteiger partial charge in [0, 0.05) is 12.8 Å². The third-order valence-electron chi connectivity index (χ3n) is 7.09. The summed E-state index contributed by atoms with van der Waals surface area (Å²) >= 11 is 0. The summed E-state index contributed by atoms with van der Waals surface area (Å²) in [6.07, 6.45) is 2.20. The largest absolute Gasteiger partial charge is 0.417 e. The molecule has 0 fully saturated rings. The number of pyridine rings is 1. The normalized spacial score (nSPS) is 17.0. The molecule has 1 unspecified atom stereocenters. The highest BCUT2D eigenvalue weighted by molar-refractivity contribution is 7.84. The minimum Gasteiger partial charge on any atom is -0.417 e. The first-order valence-electron chi connectivity index (χ1n) is 12.1. The first kappa shape index (κ1) is 30.6. The molecule has 0 saturated heterocycles. The molecule has 1 aromatic rings. The van der Waals surface area contributed by atoms with Crippen LogP contribution >= 0.6 is 0 Å². The van der Waals surface area contributed by atoms with Crippen LogP contribution in [0.25, 0.3) is 0 Å². The Bertz CT molecular complexity index is 767. The van der Waals surface area contributed by atoms with Gasteiger partial charge < -0.3 is 8.85 Å². The standard InChI is InChI=1S/C25H50N2O3SSi2/c1-23(2,3)31(28)27-21(17-19-29-32(10,11)24(4,5)6)22(20-16-14-15-18-26-20)30-33(12,13)25(7,8)9/h14-16,18,21-22,27H,17,19H2,1-13H3/t21-,22?,31+/m0/s1. The third-order valence-corrected chi connectivity index (χ3v) is 17.7. The lowest BCUT2D eigenvalue weighted by molar-refractivity contribution is 0.127. The van der Waals surface area contributed by atoms with Crippen LogP contribution in [0.2, 0.25) is 36.3 Å². The minimum absolute atomic E-state index is 0.0470. The summed E-state index contributed by atoms with van der Waals surface area (Å²) in [5, 5.41) is 0.188. The van der Waals surface area contributed by atoms with Crippen molar-refractivity contribution in [2.45, 2.75) is 122 Å². The summed E-state index contributed by atoms with van der Waals surface area (Å²) in [6, 6.07) is 5.75. The van der Waals surface area contributed by atoms with Crippen LogP contribution in [-0.4, -0.2) is 43.2 Å². The number of hydrogen-bond donors (Lipinski definition) is 1. The van der Waals surface area contributed by atoms with Gasteiger partial charge in [-0.3, -0.25) is 4.98 Å². The highest BCUT2D eigenvalue weighted by Crippen LogP contribution is 2.41. The van der Waals surface area contributed by atoms with Crippen LogP contribution in [0.4, 0.5) is 0 Å². The average molecular weight is 515 g/mol. The molecule has 8 heteroatoms. The van der Waals surface area contributed by atoms with E-state index in [-0.39, 0.29) is 27.0 Å². The smallest absolute Gasteiger partial charge is 0.193 e. The fraction of sp³-hybridized carbons (Fsp3) is 0.800. The Morgan fingerprint density at radius 3 is 1.91 bits per heavy atom. The minimum atomic E-state index is -2.13. The van der Waals surface area contributed by atoms with E-state index >= 15 is 0 Å². The fourth-order valence-corrected chi connectivity index (χ4v) is 5.84. The van der Waals surface area contributed by atoms with Gasteiger partial charge in [-0.1, -0.05) is 47.6 Å². The predicted octanol–water partition coefficient (Wildman–Crippen LogP) is 6.98. The molecule has 0 aliphatic heterocycles. The summed E-state index contributed by atoms with van der Waals surface area (Å²) in [6.45, 7) is 29.1. The average Bonchev–Trinajstić information content (AvgIpc) is 2.63. The number of nitrogens with zero attached hydrogens (tertiary/aromatic N) is 1. The van der Waals surface area contributed by atoms with Gasteiger partial charge in [0.2, 0.25) is 0 Å². The van der Waals surface area contributed by atoms with Gasteiger partial charge in [0.25, 0.3) is 0 Å². The van der Waals surface area contributed by atoms with Crippen LogP contribution in [0.15, 0.2) is 24.4 Å². The Kier molecular flexibility index (Phi) is 10.3. The fourth-order valence-electron chi connectivity index (χ4n) is 2.63. The molecule has 0 radical (unpaired) electrons. The molecule has 1 N–H and O–H groups in total. The quantitative estimate of drug-likeness (QED) is 0.342. The Morgan fingerprint density at radius 1 is 0.939 bits per heavy atom. The zero-order valence-electron chi connectivity index (χ0n) is 23.5. The first-order valence-corrected chi connectivity index (χ1v) is 19.1. The van der Waals surface area contributed by atoms with E-state index in [0.29, 0.717) is 13.0 Å². The van der Waals surface area contributed by atoms with Gasteiger partial charge in [0.05, 0.1) is 27.5 Å². The number of aromatic nitrogens is 1.